The van der Waals surface area contributed by atoms with Crippen LogP contribution in [0.1, 0.15) is 19.3 Å². The monoisotopic (exact) mass is 320 g/mol. The topological polar surface area (TPSA) is 42.4 Å². The summed E-state index contributed by atoms with van der Waals surface area (Å²) in [5.41, 5.74) is 1.55. The SMILES string of the molecule is O=CC(Oc1nc(-c2ccc(F)cc2)cs1)N1CCCCC1. The summed E-state index contributed by atoms with van der Waals surface area (Å²) >= 11 is 1.34. The Balaban J connectivity index is 1.70. The molecule has 1 unspecified atom stereocenters. The Hall–Kier alpha value is -1.79. The lowest BCUT2D eigenvalue weighted by Crippen LogP contribution is -2.43. The summed E-state index contributed by atoms with van der Waals surface area (Å²) in [6.45, 7) is 1.75. The second kappa shape index (κ2) is 6.98. The van der Waals surface area contributed by atoms with E-state index in [4.69, 9.17) is 4.74 Å². The van der Waals surface area contributed by atoms with E-state index in [1.54, 1.807) is 12.1 Å². The van der Waals surface area contributed by atoms with E-state index in [0.29, 0.717) is 5.19 Å². The van der Waals surface area contributed by atoms with Crippen molar-refractivity contribution in [1.82, 2.24) is 9.88 Å². The molecule has 0 spiro atoms. The van der Waals surface area contributed by atoms with Crippen LogP contribution < -0.4 is 4.74 Å². The van der Waals surface area contributed by atoms with Crippen LogP contribution in [0.15, 0.2) is 29.6 Å². The standard InChI is InChI=1S/C16H17FN2O2S/c17-13-6-4-12(5-7-13)14-11-22-16(18-14)21-15(10-20)19-8-2-1-3-9-19/h4-7,10-11,15H,1-3,8-9H2. The average molecular weight is 320 g/mol. The van der Waals surface area contributed by atoms with Crippen LogP contribution in [0.5, 0.6) is 5.19 Å². The third-order valence-corrected chi connectivity index (χ3v) is 4.44. The maximum absolute atomic E-state index is 12.9. The number of aldehydes is 1. The molecule has 1 aliphatic rings. The normalized spacial score (nSPS) is 17.1. The van der Waals surface area contributed by atoms with Crippen molar-refractivity contribution in [3.05, 3.63) is 35.5 Å². The van der Waals surface area contributed by atoms with E-state index in [0.717, 1.165) is 43.5 Å². The van der Waals surface area contributed by atoms with E-state index < -0.39 is 6.23 Å². The summed E-state index contributed by atoms with van der Waals surface area (Å²) in [6.07, 6.45) is 3.63. The summed E-state index contributed by atoms with van der Waals surface area (Å²) in [5, 5.41) is 2.31. The first-order chi connectivity index (χ1) is 10.8. The fraction of sp³-hybridized carbons (Fsp3) is 0.375. The van der Waals surface area contributed by atoms with Gasteiger partial charge in [0.1, 0.15) is 5.82 Å². The van der Waals surface area contributed by atoms with Gasteiger partial charge in [0.15, 0.2) is 6.29 Å². The maximum Gasteiger partial charge on any atom is 0.275 e. The van der Waals surface area contributed by atoms with E-state index in [9.17, 15) is 9.18 Å². The number of carbonyl (C=O) groups is 1. The molecule has 3 rings (SSSR count). The van der Waals surface area contributed by atoms with Crippen LogP contribution in [0.3, 0.4) is 0 Å². The highest BCUT2D eigenvalue weighted by Gasteiger charge is 2.22. The number of aromatic nitrogens is 1. The Morgan fingerprint density at radius 2 is 1.95 bits per heavy atom. The second-order valence-corrected chi connectivity index (χ2v) is 6.07. The Bertz CT molecular complexity index is 623. The van der Waals surface area contributed by atoms with Crippen molar-refractivity contribution in [2.24, 2.45) is 0 Å². The van der Waals surface area contributed by atoms with Crippen LogP contribution in [0.25, 0.3) is 11.3 Å². The predicted molar refractivity (Wildman–Crippen MR) is 83.4 cm³/mol. The van der Waals surface area contributed by atoms with Gasteiger partial charge in [0.25, 0.3) is 5.19 Å². The Morgan fingerprint density at radius 1 is 1.23 bits per heavy atom. The number of ether oxygens (including phenoxy) is 1. The summed E-state index contributed by atoms with van der Waals surface area (Å²) in [6, 6.07) is 6.15. The number of thiazole rings is 1. The fourth-order valence-corrected chi connectivity index (χ4v) is 3.24. The number of benzene rings is 1. The molecule has 116 valence electrons. The number of halogens is 1. The minimum absolute atomic E-state index is 0.276. The predicted octanol–water partition coefficient (Wildman–Crippen LogP) is 3.34. The Morgan fingerprint density at radius 3 is 2.64 bits per heavy atom. The van der Waals surface area contributed by atoms with Gasteiger partial charge in [-0.3, -0.25) is 9.69 Å². The van der Waals surface area contributed by atoms with Gasteiger partial charge in [0.2, 0.25) is 6.23 Å². The highest BCUT2D eigenvalue weighted by molar-refractivity contribution is 7.11. The van der Waals surface area contributed by atoms with Crippen LogP contribution in [-0.4, -0.2) is 35.5 Å². The number of nitrogens with zero attached hydrogens (tertiary/aromatic N) is 2. The van der Waals surface area contributed by atoms with Crippen molar-refractivity contribution in [3.63, 3.8) is 0 Å². The molecule has 22 heavy (non-hydrogen) atoms. The van der Waals surface area contributed by atoms with Crippen molar-refractivity contribution in [2.75, 3.05) is 13.1 Å². The molecule has 2 aromatic rings. The molecule has 0 radical (unpaired) electrons. The molecule has 1 aliphatic heterocycles. The average Bonchev–Trinajstić information content (AvgIpc) is 3.03. The van der Waals surface area contributed by atoms with E-state index >= 15 is 0 Å². The highest BCUT2D eigenvalue weighted by atomic mass is 32.1. The van der Waals surface area contributed by atoms with Crippen LogP contribution in [0.2, 0.25) is 0 Å². The van der Waals surface area contributed by atoms with E-state index in [1.807, 2.05) is 10.3 Å². The first-order valence-electron chi connectivity index (χ1n) is 7.34. The third kappa shape index (κ3) is 3.51. The van der Waals surface area contributed by atoms with Gasteiger partial charge in [0, 0.05) is 24.0 Å². The van der Waals surface area contributed by atoms with Crippen LogP contribution in [0.4, 0.5) is 4.39 Å². The molecule has 0 N–H and O–H groups in total. The third-order valence-electron chi connectivity index (χ3n) is 3.71. The summed E-state index contributed by atoms with van der Waals surface area (Å²) < 4.78 is 18.7. The van der Waals surface area contributed by atoms with Gasteiger partial charge >= 0.3 is 0 Å². The zero-order chi connectivity index (χ0) is 15.4. The molecular formula is C16H17FN2O2S. The molecule has 1 aromatic carbocycles. The number of piperidine rings is 1. The van der Waals surface area contributed by atoms with Gasteiger partial charge in [-0.2, -0.15) is 0 Å². The largest absolute Gasteiger partial charge is 0.443 e. The molecule has 1 saturated heterocycles. The van der Waals surface area contributed by atoms with Crippen molar-refractivity contribution in [2.45, 2.75) is 25.5 Å². The van der Waals surface area contributed by atoms with Crippen molar-refractivity contribution >= 4 is 17.6 Å². The highest BCUT2D eigenvalue weighted by Crippen LogP contribution is 2.27. The van der Waals surface area contributed by atoms with Gasteiger partial charge in [-0.05, 0) is 37.1 Å². The first-order valence-corrected chi connectivity index (χ1v) is 8.22. The van der Waals surface area contributed by atoms with E-state index in [-0.39, 0.29) is 5.82 Å². The van der Waals surface area contributed by atoms with Crippen LogP contribution in [-0.2, 0) is 4.79 Å². The summed E-state index contributed by atoms with van der Waals surface area (Å²) in [7, 11) is 0. The van der Waals surface area contributed by atoms with E-state index in [1.165, 1.54) is 29.9 Å². The molecule has 0 bridgehead atoms. The number of rotatable bonds is 5. The number of likely N-dealkylation sites (tertiary alicyclic amines) is 1. The molecule has 2 heterocycles. The number of carbonyl (C=O) groups excluding carboxylic acids is 1. The zero-order valence-electron chi connectivity index (χ0n) is 12.1. The molecule has 1 aromatic heterocycles. The van der Waals surface area contributed by atoms with Crippen molar-refractivity contribution < 1.29 is 13.9 Å². The number of hydrogen-bond acceptors (Lipinski definition) is 5. The van der Waals surface area contributed by atoms with Crippen LogP contribution in [0, 0.1) is 5.82 Å². The second-order valence-electron chi connectivity index (χ2n) is 5.25. The van der Waals surface area contributed by atoms with Gasteiger partial charge < -0.3 is 4.74 Å². The molecule has 6 heteroatoms. The lowest BCUT2D eigenvalue weighted by Gasteiger charge is -2.30. The Labute approximate surface area is 132 Å². The van der Waals surface area contributed by atoms with Crippen LogP contribution >= 0.6 is 11.3 Å². The van der Waals surface area contributed by atoms with Gasteiger partial charge in [-0.15, -0.1) is 0 Å². The van der Waals surface area contributed by atoms with Gasteiger partial charge in [0.05, 0.1) is 5.69 Å². The van der Waals surface area contributed by atoms with Crippen molar-refractivity contribution in [3.8, 4) is 16.5 Å². The molecule has 1 atom stereocenters. The molecule has 1 fully saturated rings. The molecule has 4 nitrogen and oxygen atoms in total. The summed E-state index contributed by atoms with van der Waals surface area (Å²) in [5.74, 6) is -0.276. The van der Waals surface area contributed by atoms with E-state index in [2.05, 4.69) is 4.98 Å². The Kier molecular flexibility index (Phi) is 4.80. The number of hydrogen-bond donors (Lipinski definition) is 0. The molecule has 0 aliphatic carbocycles. The van der Waals surface area contributed by atoms with Crippen molar-refractivity contribution in [1.29, 1.82) is 0 Å². The minimum Gasteiger partial charge on any atom is -0.443 e. The molecule has 0 saturated carbocycles. The summed E-state index contributed by atoms with van der Waals surface area (Å²) in [4.78, 5) is 17.7. The minimum atomic E-state index is -0.576. The zero-order valence-corrected chi connectivity index (χ0v) is 12.9. The van der Waals surface area contributed by atoms with Gasteiger partial charge in [-0.1, -0.05) is 17.8 Å². The molecule has 0 amide bonds. The lowest BCUT2D eigenvalue weighted by molar-refractivity contribution is -0.122. The molecular weight excluding hydrogens is 303 g/mol. The lowest BCUT2D eigenvalue weighted by atomic mass is 10.1. The van der Waals surface area contributed by atoms with Gasteiger partial charge in [-0.25, -0.2) is 9.37 Å². The smallest absolute Gasteiger partial charge is 0.275 e. The maximum atomic E-state index is 12.9. The fourth-order valence-electron chi connectivity index (χ4n) is 2.53. The first kappa shape index (κ1) is 15.1. The quantitative estimate of drug-likeness (QED) is 0.793.